The fourth-order valence-electron chi connectivity index (χ4n) is 3.23. The van der Waals surface area contributed by atoms with Gasteiger partial charge in [-0.3, -0.25) is 14.4 Å². The largest absolute Gasteiger partial charge is 0.481 e. The van der Waals surface area contributed by atoms with Crippen molar-refractivity contribution in [2.24, 2.45) is 11.8 Å². The molecule has 0 aliphatic heterocycles. The number of Topliss-reactive ketones (excluding diaryl/α,β-unsaturated/α-hetero) is 1. The highest BCUT2D eigenvalue weighted by Gasteiger charge is 2.32. The van der Waals surface area contributed by atoms with Crippen LogP contribution in [0.2, 0.25) is 0 Å². The van der Waals surface area contributed by atoms with Gasteiger partial charge in [0.25, 0.3) is 0 Å². The number of aliphatic carboxylic acids is 1. The summed E-state index contributed by atoms with van der Waals surface area (Å²) >= 11 is 0. The van der Waals surface area contributed by atoms with Crippen LogP contribution >= 0.6 is 0 Å². The fraction of sp³-hybridized carbons (Fsp3) is 0.682. The van der Waals surface area contributed by atoms with Gasteiger partial charge in [0.05, 0.1) is 0 Å². The van der Waals surface area contributed by atoms with Crippen LogP contribution in [0.3, 0.4) is 0 Å². The van der Waals surface area contributed by atoms with Crippen LogP contribution in [-0.2, 0) is 14.4 Å². The Balaban J connectivity index is 2.35. The minimum Gasteiger partial charge on any atom is -0.481 e. The molecule has 1 aliphatic rings. The van der Waals surface area contributed by atoms with Crippen molar-refractivity contribution in [2.45, 2.75) is 84.0 Å². The first-order valence-electron chi connectivity index (χ1n) is 9.95. The lowest BCUT2D eigenvalue weighted by Gasteiger charge is -2.11. The van der Waals surface area contributed by atoms with Crippen molar-refractivity contribution in [3.05, 3.63) is 12.2 Å². The zero-order valence-corrected chi connectivity index (χ0v) is 16.0. The van der Waals surface area contributed by atoms with Crippen molar-refractivity contribution in [1.29, 1.82) is 0 Å². The molecule has 0 bridgehead atoms. The number of hydrogen-bond donors (Lipinski definition) is 1. The van der Waals surface area contributed by atoms with E-state index in [2.05, 4.69) is 18.8 Å². The molecule has 1 aliphatic carbocycles. The lowest BCUT2D eigenvalue weighted by Crippen LogP contribution is -2.12. The van der Waals surface area contributed by atoms with Crippen LogP contribution in [0.15, 0.2) is 12.2 Å². The van der Waals surface area contributed by atoms with Crippen LogP contribution in [-0.4, -0.2) is 22.6 Å². The SMILES string of the molecule is CCCCCCC(=O)C=CC1CCC(=O)C1CC#CCCCCC(=O)O. The molecule has 0 radical (unpaired) electrons. The van der Waals surface area contributed by atoms with Gasteiger partial charge in [-0.05, 0) is 37.7 Å². The van der Waals surface area contributed by atoms with Gasteiger partial charge in [-0.15, -0.1) is 11.8 Å². The normalized spacial score (nSPS) is 19.5. The van der Waals surface area contributed by atoms with Crippen LogP contribution in [0, 0.1) is 23.7 Å². The number of carboxylic acids is 1. The van der Waals surface area contributed by atoms with Gasteiger partial charge in [-0.1, -0.05) is 32.3 Å². The molecule has 4 nitrogen and oxygen atoms in total. The van der Waals surface area contributed by atoms with E-state index in [0.717, 1.165) is 32.1 Å². The van der Waals surface area contributed by atoms with Crippen molar-refractivity contribution in [2.75, 3.05) is 0 Å². The molecule has 0 aromatic carbocycles. The van der Waals surface area contributed by atoms with Gasteiger partial charge in [0.2, 0.25) is 0 Å². The maximum atomic E-state index is 12.1. The molecule has 1 rings (SSSR count). The third-order valence-electron chi connectivity index (χ3n) is 4.85. The van der Waals surface area contributed by atoms with E-state index in [0.29, 0.717) is 32.1 Å². The molecule has 0 aromatic rings. The predicted molar refractivity (Wildman–Crippen MR) is 103 cm³/mol. The maximum absolute atomic E-state index is 12.1. The van der Waals surface area contributed by atoms with E-state index >= 15 is 0 Å². The predicted octanol–water partition coefficient (Wildman–Crippen LogP) is 4.72. The maximum Gasteiger partial charge on any atom is 0.303 e. The van der Waals surface area contributed by atoms with Gasteiger partial charge < -0.3 is 5.11 Å². The lowest BCUT2D eigenvalue weighted by molar-refractivity contribution is -0.137. The van der Waals surface area contributed by atoms with Crippen molar-refractivity contribution in [3.63, 3.8) is 0 Å². The molecule has 0 amide bonds. The summed E-state index contributed by atoms with van der Waals surface area (Å²) in [6.45, 7) is 2.15. The Hall–Kier alpha value is -1.89. The average Bonchev–Trinajstić information content (AvgIpc) is 2.96. The van der Waals surface area contributed by atoms with Crippen LogP contribution in [0.1, 0.15) is 84.0 Å². The summed E-state index contributed by atoms with van der Waals surface area (Å²) in [7, 11) is 0. The number of allylic oxidation sites excluding steroid dienone is 2. The lowest BCUT2D eigenvalue weighted by atomic mass is 9.91. The quantitative estimate of drug-likeness (QED) is 0.311. The Morgan fingerprint density at radius 3 is 2.62 bits per heavy atom. The first kappa shape index (κ1) is 22.2. The van der Waals surface area contributed by atoms with E-state index in [1.54, 1.807) is 6.08 Å². The van der Waals surface area contributed by atoms with Crippen LogP contribution in [0.4, 0.5) is 0 Å². The van der Waals surface area contributed by atoms with Crippen LogP contribution in [0.25, 0.3) is 0 Å². The summed E-state index contributed by atoms with van der Waals surface area (Å²) < 4.78 is 0. The van der Waals surface area contributed by atoms with Crippen LogP contribution < -0.4 is 0 Å². The van der Waals surface area contributed by atoms with Crippen molar-refractivity contribution in [3.8, 4) is 11.8 Å². The zero-order chi connectivity index (χ0) is 19.2. The van der Waals surface area contributed by atoms with Gasteiger partial charge >= 0.3 is 5.97 Å². The third-order valence-corrected chi connectivity index (χ3v) is 4.85. The first-order valence-corrected chi connectivity index (χ1v) is 9.95. The third kappa shape index (κ3) is 9.56. The Bertz CT molecular complexity index is 550. The molecule has 1 N–H and O–H groups in total. The topological polar surface area (TPSA) is 71.4 Å². The number of ketones is 2. The summed E-state index contributed by atoms with van der Waals surface area (Å²) in [6, 6.07) is 0. The van der Waals surface area contributed by atoms with E-state index in [4.69, 9.17) is 5.11 Å². The van der Waals surface area contributed by atoms with Crippen molar-refractivity contribution < 1.29 is 19.5 Å². The Labute approximate surface area is 157 Å². The molecule has 0 heterocycles. The average molecular weight is 360 g/mol. The number of unbranched alkanes of at least 4 members (excludes halogenated alkanes) is 5. The second-order valence-corrected chi connectivity index (χ2v) is 7.07. The monoisotopic (exact) mass is 360 g/mol. The molecular formula is C22H32O4. The molecule has 26 heavy (non-hydrogen) atoms. The van der Waals surface area contributed by atoms with E-state index < -0.39 is 5.97 Å². The van der Waals surface area contributed by atoms with Crippen molar-refractivity contribution >= 4 is 17.5 Å². The molecule has 0 spiro atoms. The summed E-state index contributed by atoms with van der Waals surface area (Å²) in [6.07, 6.45) is 12.7. The highest BCUT2D eigenvalue weighted by molar-refractivity contribution is 5.90. The molecule has 144 valence electrons. The molecule has 1 saturated carbocycles. The Kier molecular flexibility index (Phi) is 11.4. The highest BCUT2D eigenvalue weighted by Crippen LogP contribution is 2.32. The number of rotatable bonds is 12. The standard InChI is InChI=1S/C22H32O4/c1-2-3-4-8-11-19(23)16-14-18-15-17-21(24)20(18)12-9-6-5-7-10-13-22(25)26/h14,16,18,20H,2-5,7-8,10-13,15,17H2,1H3,(H,25,26). The first-order chi connectivity index (χ1) is 12.5. The summed E-state index contributed by atoms with van der Waals surface area (Å²) in [5.41, 5.74) is 0. The smallest absolute Gasteiger partial charge is 0.303 e. The zero-order valence-electron chi connectivity index (χ0n) is 16.0. The summed E-state index contributed by atoms with van der Waals surface area (Å²) in [4.78, 5) is 34.4. The minimum atomic E-state index is -0.774. The van der Waals surface area contributed by atoms with Gasteiger partial charge in [-0.2, -0.15) is 0 Å². The van der Waals surface area contributed by atoms with Gasteiger partial charge in [0.1, 0.15) is 5.78 Å². The molecule has 2 atom stereocenters. The molecule has 0 aromatic heterocycles. The summed E-state index contributed by atoms with van der Waals surface area (Å²) in [5, 5.41) is 8.58. The van der Waals surface area contributed by atoms with E-state index in [1.807, 2.05) is 6.08 Å². The van der Waals surface area contributed by atoms with E-state index in [-0.39, 0.29) is 29.8 Å². The summed E-state index contributed by atoms with van der Waals surface area (Å²) in [5.74, 6) is 5.78. The Morgan fingerprint density at radius 1 is 1.12 bits per heavy atom. The number of carbonyl (C=O) groups is 3. The highest BCUT2D eigenvalue weighted by atomic mass is 16.4. The number of carboxylic acid groups (broad SMARTS) is 1. The van der Waals surface area contributed by atoms with E-state index in [9.17, 15) is 14.4 Å². The minimum absolute atomic E-state index is 0.0920. The van der Waals surface area contributed by atoms with Gasteiger partial charge in [-0.25, -0.2) is 0 Å². The van der Waals surface area contributed by atoms with Gasteiger partial charge in [0.15, 0.2) is 5.78 Å². The Morgan fingerprint density at radius 2 is 1.88 bits per heavy atom. The molecule has 4 heteroatoms. The second kappa shape index (κ2) is 13.3. The number of hydrogen-bond acceptors (Lipinski definition) is 3. The molecule has 0 saturated heterocycles. The van der Waals surface area contributed by atoms with E-state index in [1.165, 1.54) is 6.42 Å². The fourth-order valence-corrected chi connectivity index (χ4v) is 3.23. The van der Waals surface area contributed by atoms with Crippen LogP contribution in [0.5, 0.6) is 0 Å². The van der Waals surface area contributed by atoms with Crippen molar-refractivity contribution in [1.82, 2.24) is 0 Å². The van der Waals surface area contributed by atoms with Gasteiger partial charge in [0, 0.05) is 38.0 Å². The second-order valence-electron chi connectivity index (χ2n) is 7.07. The molecule has 2 unspecified atom stereocenters. The number of carbonyl (C=O) groups excluding carboxylic acids is 2. The molecular weight excluding hydrogens is 328 g/mol. The molecule has 1 fully saturated rings.